The van der Waals surface area contributed by atoms with E-state index in [1.807, 2.05) is 45.0 Å². The lowest BCUT2D eigenvalue weighted by molar-refractivity contribution is 0.0446. The molecule has 0 bridgehead atoms. The predicted octanol–water partition coefficient (Wildman–Crippen LogP) is 4.10. The van der Waals surface area contributed by atoms with Gasteiger partial charge in [-0.1, -0.05) is 18.2 Å². The first kappa shape index (κ1) is 18.9. The third-order valence-corrected chi connectivity index (χ3v) is 4.59. The highest BCUT2D eigenvalue weighted by Crippen LogP contribution is 2.22. The molecule has 2 heterocycles. The van der Waals surface area contributed by atoms with Crippen molar-refractivity contribution in [3.63, 3.8) is 0 Å². The lowest BCUT2D eigenvalue weighted by Gasteiger charge is -2.17. The summed E-state index contributed by atoms with van der Waals surface area (Å²) in [6.45, 7) is 6.06. The minimum Gasteiger partial charge on any atom is -0.451 e. The van der Waals surface area contributed by atoms with Gasteiger partial charge < -0.3 is 18.5 Å². The highest BCUT2D eigenvalue weighted by molar-refractivity contribution is 6.00. The second-order valence-corrected chi connectivity index (χ2v) is 6.61. The number of hydrogen-bond acceptors (Lipinski definition) is 5. The number of nitrogens with zero attached hydrogens (tertiary/aromatic N) is 1. The van der Waals surface area contributed by atoms with E-state index in [1.165, 1.54) is 0 Å². The summed E-state index contributed by atoms with van der Waals surface area (Å²) in [4.78, 5) is 24.8. The van der Waals surface area contributed by atoms with E-state index in [0.29, 0.717) is 17.8 Å². The molecular weight excluding hydrogens is 346 g/mol. The van der Waals surface area contributed by atoms with Gasteiger partial charge in [0.1, 0.15) is 5.58 Å². The number of fused-ring (bicyclic) bond motifs is 1. The van der Waals surface area contributed by atoms with Crippen LogP contribution in [0.4, 0.5) is 0 Å². The fourth-order valence-electron chi connectivity index (χ4n) is 3.42. The van der Waals surface area contributed by atoms with Crippen molar-refractivity contribution < 1.29 is 23.5 Å². The summed E-state index contributed by atoms with van der Waals surface area (Å²) in [5.74, 6) is -0.812. The molecule has 2 aromatic heterocycles. The van der Waals surface area contributed by atoms with E-state index < -0.39 is 5.97 Å². The van der Waals surface area contributed by atoms with Gasteiger partial charge in [0.25, 0.3) is 0 Å². The van der Waals surface area contributed by atoms with Crippen molar-refractivity contribution in [2.45, 2.75) is 26.8 Å². The quantitative estimate of drug-likeness (QED) is 0.463. The number of aromatic nitrogens is 1. The van der Waals surface area contributed by atoms with Gasteiger partial charge in [0.15, 0.2) is 6.61 Å². The van der Waals surface area contributed by atoms with Gasteiger partial charge in [-0.3, -0.25) is 4.79 Å². The molecule has 1 atom stereocenters. The molecule has 1 aromatic carbocycles. The van der Waals surface area contributed by atoms with Crippen LogP contribution in [0.3, 0.4) is 0 Å². The Hall–Kier alpha value is -2.86. The Morgan fingerprint density at radius 1 is 1.19 bits per heavy atom. The van der Waals surface area contributed by atoms with E-state index >= 15 is 0 Å². The van der Waals surface area contributed by atoms with Crippen LogP contribution in [0.1, 0.15) is 45.3 Å². The molecule has 6 heteroatoms. The van der Waals surface area contributed by atoms with Crippen LogP contribution in [-0.2, 0) is 9.47 Å². The molecule has 0 saturated heterocycles. The zero-order chi connectivity index (χ0) is 19.6. The van der Waals surface area contributed by atoms with Gasteiger partial charge in [-0.05, 0) is 39.0 Å². The maximum atomic E-state index is 12.6. The van der Waals surface area contributed by atoms with Crippen LogP contribution in [0.5, 0.6) is 0 Å². The first-order valence-electron chi connectivity index (χ1n) is 8.78. The molecule has 0 radical (unpaired) electrons. The minimum atomic E-state index is -0.652. The van der Waals surface area contributed by atoms with Crippen LogP contribution in [-0.4, -0.2) is 36.6 Å². The molecule has 6 nitrogen and oxygen atoms in total. The Labute approximate surface area is 157 Å². The lowest BCUT2D eigenvalue weighted by atomic mass is 10.1. The molecule has 0 amide bonds. The summed E-state index contributed by atoms with van der Waals surface area (Å²) in [5.41, 5.74) is 2.95. The molecule has 3 aromatic rings. The topological polar surface area (TPSA) is 70.7 Å². The zero-order valence-corrected chi connectivity index (χ0v) is 15.9. The normalized spacial score (nSPS) is 12.3. The highest BCUT2D eigenvalue weighted by atomic mass is 16.5. The first-order chi connectivity index (χ1) is 12.9. The molecule has 0 aliphatic rings. The fourth-order valence-corrected chi connectivity index (χ4v) is 3.42. The highest BCUT2D eigenvalue weighted by Gasteiger charge is 2.21. The van der Waals surface area contributed by atoms with E-state index in [4.69, 9.17) is 13.9 Å². The first-order valence-corrected chi connectivity index (χ1v) is 8.78. The second kappa shape index (κ2) is 7.80. The zero-order valence-electron chi connectivity index (χ0n) is 15.9. The predicted molar refractivity (Wildman–Crippen MR) is 101 cm³/mol. The molecule has 0 aliphatic carbocycles. The van der Waals surface area contributed by atoms with Crippen molar-refractivity contribution in [3.05, 3.63) is 59.1 Å². The average molecular weight is 369 g/mol. The molecule has 3 rings (SSSR count). The van der Waals surface area contributed by atoms with Gasteiger partial charge in [-0.2, -0.15) is 0 Å². The van der Waals surface area contributed by atoms with Crippen LogP contribution in [0.25, 0.3) is 11.0 Å². The van der Waals surface area contributed by atoms with Crippen molar-refractivity contribution in [1.82, 2.24) is 4.57 Å². The standard InChI is InChI=1S/C21H23NO5/c1-13-9-17(15(3)22(13)14(2)11-25-4)18(23)12-26-21(24)20-10-16-7-5-6-8-19(16)27-20/h5-10,14H,11-12H2,1-4H3. The minimum absolute atomic E-state index is 0.0863. The number of carbonyl (C=O) groups excluding carboxylic acids is 2. The summed E-state index contributed by atoms with van der Waals surface area (Å²) < 4.78 is 17.9. The molecule has 142 valence electrons. The van der Waals surface area contributed by atoms with Crippen molar-refractivity contribution in [2.24, 2.45) is 0 Å². The van der Waals surface area contributed by atoms with Crippen LogP contribution in [0, 0.1) is 13.8 Å². The lowest BCUT2D eigenvalue weighted by Crippen LogP contribution is -2.16. The van der Waals surface area contributed by atoms with E-state index in [-0.39, 0.29) is 24.2 Å². The van der Waals surface area contributed by atoms with Gasteiger partial charge in [0.05, 0.1) is 12.6 Å². The number of ketones is 1. The van der Waals surface area contributed by atoms with Gasteiger partial charge in [-0.25, -0.2) is 4.79 Å². The fraction of sp³-hybridized carbons (Fsp3) is 0.333. The van der Waals surface area contributed by atoms with Crippen LogP contribution in [0.2, 0.25) is 0 Å². The van der Waals surface area contributed by atoms with Crippen molar-refractivity contribution in [1.29, 1.82) is 0 Å². The summed E-state index contributed by atoms with van der Waals surface area (Å²) in [7, 11) is 1.65. The summed E-state index contributed by atoms with van der Waals surface area (Å²) >= 11 is 0. The number of furan rings is 1. The second-order valence-electron chi connectivity index (χ2n) is 6.61. The van der Waals surface area contributed by atoms with Gasteiger partial charge >= 0.3 is 5.97 Å². The van der Waals surface area contributed by atoms with Crippen molar-refractivity contribution in [2.75, 3.05) is 20.3 Å². The van der Waals surface area contributed by atoms with Crippen LogP contribution >= 0.6 is 0 Å². The Morgan fingerprint density at radius 3 is 2.63 bits per heavy atom. The van der Waals surface area contributed by atoms with Crippen LogP contribution < -0.4 is 0 Å². The Bertz CT molecular complexity index is 949. The molecule has 1 unspecified atom stereocenters. The van der Waals surface area contributed by atoms with E-state index in [9.17, 15) is 9.59 Å². The number of aryl methyl sites for hydroxylation is 1. The van der Waals surface area contributed by atoms with Crippen LogP contribution in [0.15, 0.2) is 40.8 Å². The number of hydrogen-bond donors (Lipinski definition) is 0. The third kappa shape index (κ3) is 3.80. The number of carbonyl (C=O) groups is 2. The smallest absolute Gasteiger partial charge is 0.374 e. The molecule has 0 aliphatic heterocycles. The Kier molecular flexibility index (Phi) is 5.46. The molecule has 0 spiro atoms. The van der Waals surface area contributed by atoms with E-state index in [1.54, 1.807) is 19.2 Å². The molecule has 0 saturated carbocycles. The van der Waals surface area contributed by atoms with E-state index in [0.717, 1.165) is 16.8 Å². The maximum absolute atomic E-state index is 12.6. The third-order valence-electron chi connectivity index (χ3n) is 4.59. The summed E-state index contributed by atoms with van der Waals surface area (Å²) in [5, 5.41) is 0.812. The largest absolute Gasteiger partial charge is 0.451 e. The monoisotopic (exact) mass is 369 g/mol. The molecule has 0 fully saturated rings. The van der Waals surface area contributed by atoms with Crippen molar-refractivity contribution >= 4 is 22.7 Å². The maximum Gasteiger partial charge on any atom is 0.374 e. The Morgan fingerprint density at radius 2 is 1.93 bits per heavy atom. The van der Waals surface area contributed by atoms with Gasteiger partial charge in [0, 0.05) is 29.4 Å². The van der Waals surface area contributed by atoms with Gasteiger partial charge in [-0.15, -0.1) is 0 Å². The molecular formula is C21H23NO5. The van der Waals surface area contributed by atoms with E-state index in [2.05, 4.69) is 4.57 Å². The number of ether oxygens (including phenoxy) is 2. The summed E-state index contributed by atoms with van der Waals surface area (Å²) in [6, 6.07) is 10.8. The number of methoxy groups -OCH3 is 1. The number of Topliss-reactive ketones (excluding diaryl/α,β-unsaturated/α-hetero) is 1. The average Bonchev–Trinajstić information content (AvgIpc) is 3.20. The SMILES string of the molecule is COCC(C)n1c(C)cc(C(=O)COC(=O)c2cc3ccccc3o2)c1C. The summed E-state index contributed by atoms with van der Waals surface area (Å²) in [6.07, 6.45) is 0. The van der Waals surface area contributed by atoms with Gasteiger partial charge in [0.2, 0.25) is 11.5 Å². The molecule has 27 heavy (non-hydrogen) atoms. The Balaban J connectivity index is 1.70. The number of para-hydroxylation sites is 1. The number of rotatable bonds is 7. The van der Waals surface area contributed by atoms with Crippen molar-refractivity contribution in [3.8, 4) is 0 Å². The number of esters is 1. The number of benzene rings is 1. The molecule has 0 N–H and O–H groups in total.